The van der Waals surface area contributed by atoms with Crippen LogP contribution in [0.15, 0.2) is 10.7 Å². The van der Waals surface area contributed by atoms with Gasteiger partial charge in [0.25, 0.3) is 6.01 Å². The zero-order valence-electron chi connectivity index (χ0n) is 10.2. The summed E-state index contributed by atoms with van der Waals surface area (Å²) in [5, 5.41) is 3.32. The number of rotatable bonds is 7. The van der Waals surface area contributed by atoms with E-state index in [0.29, 0.717) is 0 Å². The number of hydrogen-bond donors (Lipinski definition) is 1. The van der Waals surface area contributed by atoms with E-state index in [4.69, 9.17) is 4.42 Å². The molecule has 4 nitrogen and oxygen atoms in total. The van der Waals surface area contributed by atoms with Crippen LogP contribution in [0.25, 0.3) is 0 Å². The van der Waals surface area contributed by atoms with E-state index >= 15 is 0 Å². The predicted molar refractivity (Wildman–Crippen MR) is 64.5 cm³/mol. The fourth-order valence-corrected chi connectivity index (χ4v) is 1.71. The number of nitrogens with one attached hydrogen (secondary N) is 1. The summed E-state index contributed by atoms with van der Waals surface area (Å²) in [4.78, 5) is 6.57. The molecule has 4 heteroatoms. The molecule has 1 aromatic heterocycles. The topological polar surface area (TPSA) is 41.3 Å². The summed E-state index contributed by atoms with van der Waals surface area (Å²) in [5.74, 6) is 0.860. The third-order valence-electron chi connectivity index (χ3n) is 2.83. The molecule has 0 atom stereocenters. The van der Waals surface area contributed by atoms with Crippen molar-refractivity contribution < 1.29 is 4.42 Å². The fraction of sp³-hybridized carbons (Fsp3) is 0.750. The average molecular weight is 223 g/mol. The summed E-state index contributed by atoms with van der Waals surface area (Å²) in [5.41, 5.74) is 0.992. The molecule has 0 aliphatic heterocycles. The van der Waals surface area contributed by atoms with Gasteiger partial charge in [0.15, 0.2) is 0 Å². The quantitative estimate of drug-likeness (QED) is 0.718. The fourth-order valence-electron chi connectivity index (χ4n) is 1.71. The summed E-state index contributed by atoms with van der Waals surface area (Å²) in [6, 6.07) is 0.750. The van der Waals surface area contributed by atoms with Gasteiger partial charge in [-0.05, 0) is 31.7 Å². The van der Waals surface area contributed by atoms with Gasteiger partial charge in [-0.15, -0.1) is 0 Å². The van der Waals surface area contributed by atoms with Crippen molar-refractivity contribution in [1.29, 1.82) is 0 Å². The predicted octanol–water partition coefficient (Wildman–Crippen LogP) is 2.02. The first-order valence-electron chi connectivity index (χ1n) is 6.16. The van der Waals surface area contributed by atoms with Crippen LogP contribution in [-0.4, -0.2) is 25.1 Å². The zero-order chi connectivity index (χ0) is 11.4. The van der Waals surface area contributed by atoms with Gasteiger partial charge in [-0.25, -0.2) is 0 Å². The van der Waals surface area contributed by atoms with Crippen LogP contribution in [0.4, 0.5) is 6.01 Å². The van der Waals surface area contributed by atoms with Crippen molar-refractivity contribution in [3.63, 3.8) is 0 Å². The third kappa shape index (κ3) is 3.23. The Morgan fingerprint density at radius 3 is 3.06 bits per heavy atom. The highest BCUT2D eigenvalue weighted by Crippen LogP contribution is 2.30. The summed E-state index contributed by atoms with van der Waals surface area (Å²) in [7, 11) is 2.05. The van der Waals surface area contributed by atoms with Crippen LogP contribution in [0, 0.1) is 5.92 Å². The minimum Gasteiger partial charge on any atom is -0.432 e. The second kappa shape index (κ2) is 5.34. The van der Waals surface area contributed by atoms with Crippen molar-refractivity contribution in [3.8, 4) is 0 Å². The summed E-state index contributed by atoms with van der Waals surface area (Å²) in [6.45, 7) is 5.06. The van der Waals surface area contributed by atoms with Crippen LogP contribution in [-0.2, 0) is 6.54 Å². The van der Waals surface area contributed by atoms with E-state index in [9.17, 15) is 0 Å². The Kier molecular flexibility index (Phi) is 3.83. The van der Waals surface area contributed by atoms with E-state index in [1.807, 2.05) is 7.05 Å². The molecule has 0 spiro atoms. The van der Waals surface area contributed by atoms with Crippen molar-refractivity contribution in [2.45, 2.75) is 32.7 Å². The van der Waals surface area contributed by atoms with E-state index < -0.39 is 0 Å². The molecule has 1 saturated carbocycles. The molecule has 0 saturated heterocycles. The first-order chi connectivity index (χ1) is 7.79. The standard InChI is InChI=1S/C12H21N3O/c1-3-6-13-7-11-9-16-12(14-11)15(2)8-10-4-5-10/h9-10,13H,3-8H2,1-2H3. The van der Waals surface area contributed by atoms with Crippen LogP contribution < -0.4 is 10.2 Å². The van der Waals surface area contributed by atoms with Crippen molar-refractivity contribution in [3.05, 3.63) is 12.0 Å². The molecule has 1 N–H and O–H groups in total. The van der Waals surface area contributed by atoms with Crippen LogP contribution in [0.2, 0.25) is 0 Å². The SMILES string of the molecule is CCCNCc1coc(N(C)CC2CC2)n1. The van der Waals surface area contributed by atoms with Gasteiger partial charge in [0.2, 0.25) is 0 Å². The van der Waals surface area contributed by atoms with Crippen LogP contribution >= 0.6 is 0 Å². The lowest BCUT2D eigenvalue weighted by Crippen LogP contribution is -2.20. The molecule has 2 rings (SSSR count). The molecule has 1 heterocycles. The smallest absolute Gasteiger partial charge is 0.297 e. The van der Waals surface area contributed by atoms with Crippen molar-refractivity contribution in [1.82, 2.24) is 10.3 Å². The van der Waals surface area contributed by atoms with Gasteiger partial charge in [-0.3, -0.25) is 0 Å². The Morgan fingerprint density at radius 2 is 2.38 bits per heavy atom. The molecule has 90 valence electrons. The van der Waals surface area contributed by atoms with Crippen LogP contribution in [0.1, 0.15) is 31.9 Å². The lowest BCUT2D eigenvalue weighted by Gasteiger charge is -2.12. The lowest BCUT2D eigenvalue weighted by atomic mass is 10.4. The molecule has 0 unspecified atom stereocenters. The van der Waals surface area contributed by atoms with Gasteiger partial charge in [-0.1, -0.05) is 6.92 Å². The van der Waals surface area contributed by atoms with Gasteiger partial charge >= 0.3 is 0 Å². The van der Waals surface area contributed by atoms with Gasteiger partial charge < -0.3 is 14.6 Å². The number of anilines is 1. The molecular formula is C12H21N3O. The highest BCUT2D eigenvalue weighted by Gasteiger charge is 2.24. The monoisotopic (exact) mass is 223 g/mol. The van der Waals surface area contributed by atoms with E-state index in [-0.39, 0.29) is 0 Å². The number of aromatic nitrogens is 1. The Labute approximate surface area is 97.0 Å². The van der Waals surface area contributed by atoms with E-state index in [0.717, 1.165) is 43.7 Å². The second-order valence-corrected chi connectivity index (χ2v) is 4.62. The van der Waals surface area contributed by atoms with Gasteiger partial charge in [-0.2, -0.15) is 4.98 Å². The van der Waals surface area contributed by atoms with Crippen molar-refractivity contribution in [2.75, 3.05) is 25.0 Å². The van der Waals surface area contributed by atoms with Gasteiger partial charge in [0, 0.05) is 20.1 Å². The minimum atomic E-state index is 0.750. The van der Waals surface area contributed by atoms with E-state index in [1.54, 1.807) is 6.26 Å². The highest BCUT2D eigenvalue weighted by molar-refractivity contribution is 5.25. The first-order valence-corrected chi connectivity index (χ1v) is 6.16. The molecule has 1 aliphatic carbocycles. The maximum Gasteiger partial charge on any atom is 0.297 e. The van der Waals surface area contributed by atoms with Crippen molar-refractivity contribution >= 4 is 6.01 Å². The van der Waals surface area contributed by atoms with Crippen molar-refractivity contribution in [2.24, 2.45) is 5.92 Å². The molecule has 0 aromatic carbocycles. The van der Waals surface area contributed by atoms with Crippen LogP contribution in [0.3, 0.4) is 0 Å². The maximum atomic E-state index is 5.46. The van der Waals surface area contributed by atoms with Gasteiger partial charge in [0.05, 0.1) is 5.69 Å². The Bertz CT molecular complexity index is 320. The average Bonchev–Trinajstić information content (AvgIpc) is 2.95. The summed E-state index contributed by atoms with van der Waals surface area (Å²) in [6.07, 6.45) is 5.61. The molecular weight excluding hydrogens is 202 g/mol. The molecule has 0 bridgehead atoms. The number of nitrogens with zero attached hydrogens (tertiary/aromatic N) is 2. The second-order valence-electron chi connectivity index (χ2n) is 4.62. The van der Waals surface area contributed by atoms with Crippen LogP contribution in [0.5, 0.6) is 0 Å². The highest BCUT2D eigenvalue weighted by atomic mass is 16.4. The zero-order valence-corrected chi connectivity index (χ0v) is 10.2. The summed E-state index contributed by atoms with van der Waals surface area (Å²) >= 11 is 0. The Morgan fingerprint density at radius 1 is 1.56 bits per heavy atom. The number of oxazole rings is 1. The molecule has 1 aromatic rings. The molecule has 1 aliphatic rings. The number of hydrogen-bond acceptors (Lipinski definition) is 4. The Hall–Kier alpha value is -1.03. The molecule has 0 amide bonds. The molecule has 0 radical (unpaired) electrons. The summed E-state index contributed by atoms with van der Waals surface area (Å²) < 4.78 is 5.46. The van der Waals surface area contributed by atoms with Gasteiger partial charge in [0.1, 0.15) is 6.26 Å². The maximum absolute atomic E-state index is 5.46. The lowest BCUT2D eigenvalue weighted by molar-refractivity contribution is 0.538. The van der Waals surface area contributed by atoms with E-state index in [2.05, 4.69) is 22.1 Å². The normalized spacial score (nSPS) is 15.4. The molecule has 1 fully saturated rings. The third-order valence-corrected chi connectivity index (χ3v) is 2.83. The molecule has 16 heavy (non-hydrogen) atoms. The van der Waals surface area contributed by atoms with E-state index in [1.165, 1.54) is 12.8 Å². The minimum absolute atomic E-state index is 0.750. The first kappa shape index (κ1) is 11.5. The largest absolute Gasteiger partial charge is 0.432 e. The Balaban J connectivity index is 1.80.